The van der Waals surface area contributed by atoms with Crippen LogP contribution in [0.1, 0.15) is 11.1 Å². The van der Waals surface area contributed by atoms with Crippen LogP contribution in [0.2, 0.25) is 0 Å². The molecule has 3 N–H and O–H groups in total. The number of benzene rings is 2. The Morgan fingerprint density at radius 2 is 1.89 bits per heavy atom. The molecule has 0 radical (unpaired) electrons. The minimum Gasteiger partial charge on any atom is -0.489 e. The molecule has 0 bridgehead atoms. The standard InChI is InChI=1S/C14H14N2O2/c15-14(16-17)12-6-4-5-11(9-12)10-18-13-7-2-1-3-8-13/h1-9,17H,10H2,(H2,15,16). The van der Waals surface area contributed by atoms with E-state index in [1.807, 2.05) is 48.5 Å². The van der Waals surface area contributed by atoms with Crippen LogP contribution in [0.3, 0.4) is 0 Å². The lowest BCUT2D eigenvalue weighted by Crippen LogP contribution is -2.13. The van der Waals surface area contributed by atoms with E-state index < -0.39 is 0 Å². The molecule has 0 aliphatic heterocycles. The van der Waals surface area contributed by atoms with Crippen LogP contribution in [-0.2, 0) is 6.61 Å². The minimum absolute atomic E-state index is 0.0940. The van der Waals surface area contributed by atoms with Crippen LogP contribution in [0.5, 0.6) is 5.75 Å². The van der Waals surface area contributed by atoms with E-state index in [4.69, 9.17) is 15.7 Å². The Morgan fingerprint density at radius 3 is 2.61 bits per heavy atom. The minimum atomic E-state index is 0.0940. The van der Waals surface area contributed by atoms with Gasteiger partial charge in [-0.25, -0.2) is 0 Å². The number of hydrogen-bond acceptors (Lipinski definition) is 3. The van der Waals surface area contributed by atoms with Crippen LogP contribution in [0.15, 0.2) is 59.8 Å². The summed E-state index contributed by atoms with van der Waals surface area (Å²) in [6.07, 6.45) is 0. The maximum atomic E-state index is 8.62. The highest BCUT2D eigenvalue weighted by Gasteiger charge is 2.01. The first-order valence-corrected chi connectivity index (χ1v) is 5.54. The van der Waals surface area contributed by atoms with Gasteiger partial charge in [0.15, 0.2) is 5.84 Å². The Balaban J connectivity index is 2.06. The van der Waals surface area contributed by atoms with Gasteiger partial charge in [-0.3, -0.25) is 0 Å². The van der Waals surface area contributed by atoms with Crippen molar-refractivity contribution < 1.29 is 9.94 Å². The summed E-state index contributed by atoms with van der Waals surface area (Å²) in [5.74, 6) is 0.906. The van der Waals surface area contributed by atoms with Gasteiger partial charge in [0.2, 0.25) is 0 Å². The first-order chi connectivity index (χ1) is 8.79. The van der Waals surface area contributed by atoms with Gasteiger partial charge in [-0.05, 0) is 23.8 Å². The van der Waals surface area contributed by atoms with Crippen molar-refractivity contribution in [1.82, 2.24) is 0 Å². The lowest BCUT2D eigenvalue weighted by atomic mass is 10.1. The zero-order valence-corrected chi connectivity index (χ0v) is 9.78. The fraction of sp³-hybridized carbons (Fsp3) is 0.0714. The summed E-state index contributed by atoms with van der Waals surface area (Å²) in [5, 5.41) is 11.6. The quantitative estimate of drug-likeness (QED) is 0.374. The zero-order valence-electron chi connectivity index (χ0n) is 9.78. The van der Waals surface area contributed by atoms with Gasteiger partial charge >= 0.3 is 0 Å². The summed E-state index contributed by atoms with van der Waals surface area (Å²) in [6.45, 7) is 0.441. The molecule has 0 saturated carbocycles. The number of oxime groups is 1. The van der Waals surface area contributed by atoms with Gasteiger partial charge in [0.05, 0.1) is 0 Å². The number of hydrogen-bond donors (Lipinski definition) is 2. The first kappa shape index (κ1) is 12.0. The second-order valence-corrected chi connectivity index (χ2v) is 3.79. The number of rotatable bonds is 4. The SMILES string of the molecule is N/C(=N\O)c1cccc(COc2ccccc2)c1. The second kappa shape index (κ2) is 5.72. The number of ether oxygens (including phenoxy) is 1. The van der Waals surface area contributed by atoms with Gasteiger partial charge in [0.25, 0.3) is 0 Å². The van der Waals surface area contributed by atoms with Crippen LogP contribution in [0.25, 0.3) is 0 Å². The summed E-state index contributed by atoms with van der Waals surface area (Å²) in [6, 6.07) is 16.9. The van der Waals surface area contributed by atoms with E-state index in [1.54, 1.807) is 6.07 Å². The average molecular weight is 242 g/mol. The predicted molar refractivity (Wildman–Crippen MR) is 69.7 cm³/mol. The van der Waals surface area contributed by atoms with E-state index in [1.165, 1.54) is 0 Å². The summed E-state index contributed by atoms with van der Waals surface area (Å²) < 4.78 is 5.62. The largest absolute Gasteiger partial charge is 0.489 e. The third-order valence-electron chi connectivity index (χ3n) is 2.48. The molecule has 0 amide bonds. The van der Waals surface area contributed by atoms with E-state index in [0.717, 1.165) is 11.3 Å². The third-order valence-corrected chi connectivity index (χ3v) is 2.48. The number of para-hydroxylation sites is 1. The molecule has 2 aromatic carbocycles. The van der Waals surface area contributed by atoms with Gasteiger partial charge in [0, 0.05) is 5.56 Å². The zero-order chi connectivity index (χ0) is 12.8. The number of nitrogens with zero attached hydrogens (tertiary/aromatic N) is 1. The predicted octanol–water partition coefficient (Wildman–Crippen LogP) is 2.36. The van der Waals surface area contributed by atoms with E-state index in [2.05, 4.69) is 5.16 Å². The molecule has 0 aliphatic rings. The molecule has 4 nitrogen and oxygen atoms in total. The van der Waals surface area contributed by atoms with Crippen LogP contribution in [0, 0.1) is 0 Å². The van der Waals surface area contributed by atoms with Crippen LogP contribution >= 0.6 is 0 Å². The van der Waals surface area contributed by atoms with Crippen molar-refractivity contribution in [2.24, 2.45) is 10.9 Å². The molecule has 2 rings (SSSR count). The smallest absolute Gasteiger partial charge is 0.170 e. The summed E-state index contributed by atoms with van der Waals surface area (Å²) >= 11 is 0. The molecule has 0 unspecified atom stereocenters. The molecule has 0 saturated heterocycles. The Bertz CT molecular complexity index is 539. The molecule has 0 fully saturated rings. The molecule has 2 aromatic rings. The average Bonchev–Trinajstić information content (AvgIpc) is 2.45. The molecule has 92 valence electrons. The highest BCUT2D eigenvalue weighted by molar-refractivity contribution is 5.97. The summed E-state index contributed by atoms with van der Waals surface area (Å²) in [4.78, 5) is 0. The van der Waals surface area contributed by atoms with Gasteiger partial charge in [-0.2, -0.15) is 0 Å². The van der Waals surface area contributed by atoms with Crippen molar-refractivity contribution in [3.05, 3.63) is 65.7 Å². The number of amidine groups is 1. The van der Waals surface area contributed by atoms with Crippen molar-refractivity contribution in [1.29, 1.82) is 0 Å². The Labute approximate surface area is 105 Å². The van der Waals surface area contributed by atoms with E-state index >= 15 is 0 Å². The summed E-state index contributed by atoms with van der Waals surface area (Å²) in [7, 11) is 0. The highest BCUT2D eigenvalue weighted by Crippen LogP contribution is 2.12. The van der Waals surface area contributed by atoms with Crippen molar-refractivity contribution >= 4 is 5.84 Å². The molecule has 0 heterocycles. The van der Waals surface area contributed by atoms with Gasteiger partial charge in [-0.1, -0.05) is 41.6 Å². The van der Waals surface area contributed by atoms with Crippen LogP contribution in [-0.4, -0.2) is 11.0 Å². The van der Waals surface area contributed by atoms with Crippen LogP contribution < -0.4 is 10.5 Å². The number of nitrogens with two attached hydrogens (primary N) is 1. The van der Waals surface area contributed by atoms with Gasteiger partial charge in [-0.15, -0.1) is 0 Å². The maximum Gasteiger partial charge on any atom is 0.170 e. The molecular weight excluding hydrogens is 228 g/mol. The first-order valence-electron chi connectivity index (χ1n) is 5.54. The third kappa shape index (κ3) is 3.01. The van der Waals surface area contributed by atoms with E-state index in [-0.39, 0.29) is 5.84 Å². The topological polar surface area (TPSA) is 67.8 Å². The van der Waals surface area contributed by atoms with Crippen molar-refractivity contribution in [2.45, 2.75) is 6.61 Å². The van der Waals surface area contributed by atoms with Crippen molar-refractivity contribution in [3.8, 4) is 5.75 Å². The Kier molecular flexibility index (Phi) is 3.81. The molecule has 0 atom stereocenters. The lowest BCUT2D eigenvalue weighted by Gasteiger charge is -2.07. The molecule has 18 heavy (non-hydrogen) atoms. The maximum absolute atomic E-state index is 8.62. The van der Waals surface area contributed by atoms with Gasteiger partial charge < -0.3 is 15.7 Å². The fourth-order valence-corrected chi connectivity index (χ4v) is 1.56. The molecule has 0 spiro atoms. The van der Waals surface area contributed by atoms with Crippen molar-refractivity contribution in [2.75, 3.05) is 0 Å². The Morgan fingerprint density at radius 1 is 1.11 bits per heavy atom. The normalized spacial score (nSPS) is 11.2. The molecule has 0 aliphatic carbocycles. The second-order valence-electron chi connectivity index (χ2n) is 3.79. The van der Waals surface area contributed by atoms with E-state index in [9.17, 15) is 0 Å². The monoisotopic (exact) mass is 242 g/mol. The van der Waals surface area contributed by atoms with Crippen molar-refractivity contribution in [3.63, 3.8) is 0 Å². The Hall–Kier alpha value is -2.49. The molecular formula is C14H14N2O2. The molecule has 4 heteroatoms. The fourth-order valence-electron chi connectivity index (χ4n) is 1.56. The highest BCUT2D eigenvalue weighted by atomic mass is 16.5. The van der Waals surface area contributed by atoms with E-state index in [0.29, 0.717) is 12.2 Å². The molecule has 0 aromatic heterocycles. The van der Waals surface area contributed by atoms with Gasteiger partial charge in [0.1, 0.15) is 12.4 Å². The lowest BCUT2D eigenvalue weighted by molar-refractivity contribution is 0.306. The summed E-state index contributed by atoms with van der Waals surface area (Å²) in [5.41, 5.74) is 7.16. The van der Waals surface area contributed by atoms with Crippen LogP contribution in [0.4, 0.5) is 0 Å².